The minimum absolute atomic E-state index is 0.313. The number of hydrogen-bond acceptors (Lipinski definition) is 4. The summed E-state index contributed by atoms with van der Waals surface area (Å²) in [5, 5.41) is 12.8. The Morgan fingerprint density at radius 2 is 2.16 bits per heavy atom. The Labute approximate surface area is 149 Å². The maximum Gasteiger partial charge on any atom is 0.108 e. The average molecular weight is 338 g/mol. The van der Waals surface area contributed by atoms with Crippen LogP contribution in [0.3, 0.4) is 0 Å². The first-order chi connectivity index (χ1) is 12.3. The normalized spacial score (nSPS) is 23.6. The fourth-order valence-electron chi connectivity index (χ4n) is 3.86. The Hall–Kier alpha value is -1.87. The molecule has 1 aromatic carbocycles. The summed E-state index contributed by atoms with van der Waals surface area (Å²) in [6.45, 7) is 6.67. The first-order valence-corrected chi connectivity index (χ1v) is 9.32. The highest BCUT2D eigenvalue weighted by atomic mass is 16.5. The summed E-state index contributed by atoms with van der Waals surface area (Å²) in [6.07, 6.45) is 3.78. The zero-order valence-corrected chi connectivity index (χ0v) is 14.8. The van der Waals surface area contributed by atoms with Crippen LogP contribution in [-0.2, 0) is 4.74 Å². The number of benzene rings is 1. The van der Waals surface area contributed by atoms with Crippen molar-refractivity contribution in [3.63, 3.8) is 0 Å². The summed E-state index contributed by atoms with van der Waals surface area (Å²) in [4.78, 5) is 0. The van der Waals surface area contributed by atoms with E-state index in [1.807, 2.05) is 0 Å². The summed E-state index contributed by atoms with van der Waals surface area (Å²) in [6, 6.07) is 6.77. The van der Waals surface area contributed by atoms with E-state index >= 15 is 0 Å². The van der Waals surface area contributed by atoms with Crippen LogP contribution in [0.15, 0.2) is 18.2 Å². The van der Waals surface area contributed by atoms with Crippen molar-refractivity contribution in [1.29, 1.82) is 0 Å². The van der Waals surface area contributed by atoms with Gasteiger partial charge in [0.2, 0.25) is 0 Å². The molecular weight excluding hydrogens is 312 g/mol. The van der Waals surface area contributed by atoms with Gasteiger partial charge in [-0.3, -0.25) is 4.68 Å². The molecule has 0 spiro atoms. The molecule has 5 nitrogen and oxygen atoms in total. The molecule has 5 heteroatoms. The molecule has 0 saturated carbocycles. The number of hydrogen-bond donors (Lipinski definition) is 2. The number of nitrogens with zero attached hydrogens (tertiary/aromatic N) is 2. The third kappa shape index (κ3) is 3.57. The fourth-order valence-corrected chi connectivity index (χ4v) is 3.86. The SMILES string of the molecule is Cc1nn(C2CCCNC2)c2cccc(C#CCO[C@H]3CCNC3)c12. The monoisotopic (exact) mass is 338 g/mol. The third-order valence-corrected chi connectivity index (χ3v) is 5.15. The molecule has 3 heterocycles. The van der Waals surface area contributed by atoms with E-state index in [4.69, 9.17) is 9.84 Å². The van der Waals surface area contributed by atoms with Gasteiger partial charge in [0.15, 0.2) is 0 Å². The van der Waals surface area contributed by atoms with Crippen molar-refractivity contribution in [2.24, 2.45) is 0 Å². The van der Waals surface area contributed by atoms with Crippen LogP contribution in [0.2, 0.25) is 0 Å². The summed E-state index contributed by atoms with van der Waals surface area (Å²) in [7, 11) is 0. The van der Waals surface area contributed by atoms with E-state index in [1.165, 1.54) is 23.7 Å². The molecule has 2 atom stereocenters. The number of ether oxygens (including phenoxy) is 1. The molecule has 0 bridgehead atoms. The number of piperidine rings is 1. The smallest absolute Gasteiger partial charge is 0.108 e. The van der Waals surface area contributed by atoms with Gasteiger partial charge in [0.05, 0.1) is 23.4 Å². The fraction of sp³-hybridized carbons (Fsp3) is 0.550. The van der Waals surface area contributed by atoms with Crippen LogP contribution >= 0.6 is 0 Å². The Kier molecular flexibility index (Phi) is 5.02. The average Bonchev–Trinajstić information content (AvgIpc) is 3.28. The van der Waals surface area contributed by atoms with Gasteiger partial charge in [-0.15, -0.1) is 0 Å². The van der Waals surface area contributed by atoms with Crippen molar-refractivity contribution in [2.75, 3.05) is 32.8 Å². The Bertz CT molecular complexity index is 789. The van der Waals surface area contributed by atoms with E-state index in [2.05, 4.69) is 52.3 Å². The Morgan fingerprint density at radius 1 is 1.24 bits per heavy atom. The van der Waals surface area contributed by atoms with Gasteiger partial charge < -0.3 is 15.4 Å². The lowest BCUT2D eigenvalue weighted by Crippen LogP contribution is -2.32. The highest BCUT2D eigenvalue weighted by Gasteiger charge is 2.20. The Morgan fingerprint density at radius 3 is 2.96 bits per heavy atom. The molecule has 132 valence electrons. The number of fused-ring (bicyclic) bond motifs is 1. The molecule has 2 aliphatic rings. The molecule has 1 unspecified atom stereocenters. The first-order valence-electron chi connectivity index (χ1n) is 9.32. The van der Waals surface area contributed by atoms with E-state index in [9.17, 15) is 0 Å². The van der Waals surface area contributed by atoms with Crippen LogP contribution in [0.25, 0.3) is 10.9 Å². The van der Waals surface area contributed by atoms with Gasteiger partial charge in [-0.1, -0.05) is 17.9 Å². The second-order valence-corrected chi connectivity index (χ2v) is 6.96. The van der Waals surface area contributed by atoms with Gasteiger partial charge in [-0.05, 0) is 51.4 Å². The lowest BCUT2D eigenvalue weighted by atomic mass is 10.1. The van der Waals surface area contributed by atoms with Crippen LogP contribution in [0.1, 0.15) is 36.6 Å². The molecule has 0 amide bonds. The van der Waals surface area contributed by atoms with Gasteiger partial charge in [-0.2, -0.15) is 5.10 Å². The molecular formula is C20H26N4O. The van der Waals surface area contributed by atoms with Crippen molar-refractivity contribution in [2.45, 2.75) is 38.3 Å². The highest BCUT2D eigenvalue weighted by Crippen LogP contribution is 2.27. The van der Waals surface area contributed by atoms with Crippen LogP contribution in [0, 0.1) is 18.8 Å². The van der Waals surface area contributed by atoms with Gasteiger partial charge in [0.25, 0.3) is 0 Å². The number of rotatable bonds is 3. The molecule has 2 N–H and O–H groups in total. The van der Waals surface area contributed by atoms with E-state index in [0.717, 1.165) is 43.9 Å². The predicted octanol–water partition coefficient (Wildman–Crippen LogP) is 2.00. The number of aryl methyl sites for hydroxylation is 1. The van der Waals surface area contributed by atoms with Crippen molar-refractivity contribution in [3.05, 3.63) is 29.5 Å². The quantitative estimate of drug-likeness (QED) is 0.841. The standard InChI is InChI=1S/C20H26N4O/c1-15-20-16(6-4-12-25-18-9-11-22-14-18)5-2-8-19(20)24(23-15)17-7-3-10-21-13-17/h2,5,8,17-18,21-22H,3,7,9-14H2,1H3/t17?,18-/m0/s1. The molecule has 2 aliphatic heterocycles. The third-order valence-electron chi connectivity index (χ3n) is 5.15. The largest absolute Gasteiger partial charge is 0.364 e. The first kappa shape index (κ1) is 16.6. The van der Waals surface area contributed by atoms with Crippen LogP contribution < -0.4 is 10.6 Å². The highest BCUT2D eigenvalue weighted by molar-refractivity contribution is 5.88. The second-order valence-electron chi connectivity index (χ2n) is 6.96. The van der Waals surface area contributed by atoms with Crippen LogP contribution in [0.4, 0.5) is 0 Å². The zero-order valence-electron chi connectivity index (χ0n) is 14.8. The van der Waals surface area contributed by atoms with Crippen molar-refractivity contribution in [1.82, 2.24) is 20.4 Å². The van der Waals surface area contributed by atoms with Gasteiger partial charge in [0, 0.05) is 24.0 Å². The maximum atomic E-state index is 5.80. The summed E-state index contributed by atoms with van der Waals surface area (Å²) in [5.41, 5.74) is 3.31. The molecule has 2 aromatic rings. The van der Waals surface area contributed by atoms with E-state index < -0.39 is 0 Å². The predicted molar refractivity (Wildman–Crippen MR) is 99.7 cm³/mol. The van der Waals surface area contributed by atoms with Crippen LogP contribution in [0.5, 0.6) is 0 Å². The molecule has 2 saturated heterocycles. The second kappa shape index (κ2) is 7.57. The molecule has 0 aliphatic carbocycles. The number of nitrogens with one attached hydrogen (secondary N) is 2. The van der Waals surface area contributed by atoms with E-state index in [1.54, 1.807) is 0 Å². The number of aromatic nitrogens is 2. The molecule has 2 fully saturated rings. The van der Waals surface area contributed by atoms with Gasteiger partial charge in [0.1, 0.15) is 6.61 Å². The summed E-state index contributed by atoms with van der Waals surface area (Å²) < 4.78 is 8.00. The molecule has 0 radical (unpaired) electrons. The minimum Gasteiger partial charge on any atom is -0.364 e. The summed E-state index contributed by atoms with van der Waals surface area (Å²) in [5.74, 6) is 6.49. The van der Waals surface area contributed by atoms with Crippen LogP contribution in [-0.4, -0.2) is 48.7 Å². The lowest BCUT2D eigenvalue weighted by molar-refractivity contribution is 0.0933. The molecule has 1 aromatic heterocycles. The van der Waals surface area contributed by atoms with Crippen molar-refractivity contribution < 1.29 is 4.74 Å². The Balaban J connectivity index is 1.56. The van der Waals surface area contributed by atoms with Gasteiger partial charge in [-0.25, -0.2) is 0 Å². The zero-order chi connectivity index (χ0) is 17.1. The van der Waals surface area contributed by atoms with E-state index in [-0.39, 0.29) is 0 Å². The molecule has 25 heavy (non-hydrogen) atoms. The lowest BCUT2D eigenvalue weighted by Gasteiger charge is -2.23. The van der Waals surface area contributed by atoms with Gasteiger partial charge >= 0.3 is 0 Å². The van der Waals surface area contributed by atoms with Crippen molar-refractivity contribution in [3.8, 4) is 11.8 Å². The van der Waals surface area contributed by atoms with E-state index in [0.29, 0.717) is 18.8 Å². The summed E-state index contributed by atoms with van der Waals surface area (Å²) >= 11 is 0. The maximum absolute atomic E-state index is 5.80. The van der Waals surface area contributed by atoms with Crippen molar-refractivity contribution >= 4 is 10.9 Å². The minimum atomic E-state index is 0.313. The topological polar surface area (TPSA) is 51.1 Å². The molecule has 4 rings (SSSR count).